The lowest BCUT2D eigenvalue weighted by Gasteiger charge is -2.25. The van der Waals surface area contributed by atoms with Crippen LogP contribution < -0.4 is 10.6 Å². The number of nitrogens with zero attached hydrogens (tertiary/aromatic N) is 4. The summed E-state index contributed by atoms with van der Waals surface area (Å²) < 4.78 is 1.40. The van der Waals surface area contributed by atoms with E-state index < -0.39 is 5.91 Å². The number of aromatic hydroxyl groups is 1. The number of aromatic nitrogens is 4. The van der Waals surface area contributed by atoms with Gasteiger partial charge >= 0.3 is 6.03 Å². The lowest BCUT2D eigenvalue weighted by molar-refractivity contribution is 0.102. The topological polar surface area (TPSA) is 122 Å². The predicted molar refractivity (Wildman–Crippen MR) is 128 cm³/mol. The van der Waals surface area contributed by atoms with Gasteiger partial charge in [-0.25, -0.2) is 9.78 Å². The molecule has 2 aromatic carbocycles. The van der Waals surface area contributed by atoms with E-state index in [0.29, 0.717) is 34.5 Å². The molecule has 4 aromatic rings. The average molecular weight is 457 g/mol. The first-order valence-electron chi connectivity index (χ1n) is 11.3. The van der Waals surface area contributed by atoms with E-state index in [-0.39, 0.29) is 23.4 Å². The van der Waals surface area contributed by atoms with Gasteiger partial charge in [-0.1, -0.05) is 18.6 Å². The molecule has 1 fully saturated rings. The second-order valence-corrected chi connectivity index (χ2v) is 8.26. The fourth-order valence-electron chi connectivity index (χ4n) is 4.00. The molecule has 9 heteroatoms. The standard InChI is InChI=1S/C25H24N6O3/c1-2-26-25(34)31-22(15-6-5-7-15)13-20(30-31)17-11-10-16(12-23(17)32)28-24(33)21-14-27-18-8-3-4-9-19(18)29-21/h3-4,8-15,32H,2,5-7H2,1H3,(H,26,34)(H,28,33). The number of phenols is 1. The summed E-state index contributed by atoms with van der Waals surface area (Å²) >= 11 is 0. The molecular formula is C25H24N6O3. The Hall–Kier alpha value is -4.27. The fourth-order valence-corrected chi connectivity index (χ4v) is 4.00. The van der Waals surface area contributed by atoms with Crippen LogP contribution in [0.1, 0.15) is 48.3 Å². The number of rotatable bonds is 5. The summed E-state index contributed by atoms with van der Waals surface area (Å²) in [6, 6.07) is 13.7. The molecule has 2 amide bonds. The van der Waals surface area contributed by atoms with Gasteiger partial charge < -0.3 is 15.7 Å². The van der Waals surface area contributed by atoms with Crippen LogP contribution in [0.2, 0.25) is 0 Å². The number of hydrogen-bond donors (Lipinski definition) is 3. The second-order valence-electron chi connectivity index (χ2n) is 8.26. The minimum absolute atomic E-state index is 0.0527. The van der Waals surface area contributed by atoms with Crippen molar-refractivity contribution in [3.05, 3.63) is 66.1 Å². The Morgan fingerprint density at radius 3 is 2.62 bits per heavy atom. The van der Waals surface area contributed by atoms with Gasteiger partial charge in [0.2, 0.25) is 0 Å². The minimum atomic E-state index is -0.432. The van der Waals surface area contributed by atoms with E-state index in [9.17, 15) is 14.7 Å². The molecule has 2 aromatic heterocycles. The molecule has 2 heterocycles. The van der Waals surface area contributed by atoms with Crippen LogP contribution >= 0.6 is 0 Å². The zero-order valence-corrected chi connectivity index (χ0v) is 18.7. The van der Waals surface area contributed by atoms with Gasteiger partial charge in [0, 0.05) is 29.8 Å². The summed E-state index contributed by atoms with van der Waals surface area (Å²) in [4.78, 5) is 33.8. The van der Waals surface area contributed by atoms with E-state index in [2.05, 4.69) is 25.7 Å². The van der Waals surface area contributed by atoms with Gasteiger partial charge in [0.05, 0.1) is 28.6 Å². The Morgan fingerprint density at radius 2 is 1.91 bits per heavy atom. The van der Waals surface area contributed by atoms with Crippen LogP contribution in [0.5, 0.6) is 5.75 Å². The molecule has 0 radical (unpaired) electrons. The molecule has 9 nitrogen and oxygen atoms in total. The van der Waals surface area contributed by atoms with Gasteiger partial charge in [-0.05, 0) is 50.1 Å². The summed E-state index contributed by atoms with van der Waals surface area (Å²) in [5.41, 5.74) is 3.74. The number of para-hydroxylation sites is 2. The number of nitrogens with one attached hydrogen (secondary N) is 2. The number of hydrogen-bond acceptors (Lipinski definition) is 6. The maximum atomic E-state index is 12.7. The SMILES string of the molecule is CCNC(=O)n1nc(-c2ccc(NC(=O)c3cnc4ccccc4n3)cc2O)cc1C1CCC1. The molecule has 0 aliphatic heterocycles. The summed E-state index contributed by atoms with van der Waals surface area (Å²) in [6.45, 7) is 2.35. The Morgan fingerprint density at radius 1 is 1.12 bits per heavy atom. The van der Waals surface area contributed by atoms with Crippen LogP contribution in [0.3, 0.4) is 0 Å². The van der Waals surface area contributed by atoms with Crippen molar-refractivity contribution in [3.63, 3.8) is 0 Å². The molecular weight excluding hydrogens is 432 g/mol. The Bertz CT molecular complexity index is 1390. The second kappa shape index (κ2) is 8.93. The van der Waals surface area contributed by atoms with Crippen molar-refractivity contribution < 1.29 is 14.7 Å². The summed E-state index contributed by atoms with van der Waals surface area (Å²) in [6.07, 6.45) is 4.57. The largest absolute Gasteiger partial charge is 0.507 e. The Labute approximate surface area is 195 Å². The summed E-state index contributed by atoms with van der Waals surface area (Å²) in [5, 5.41) is 20.7. The number of fused-ring (bicyclic) bond motifs is 1. The van der Waals surface area contributed by atoms with Crippen LogP contribution in [0, 0.1) is 0 Å². The van der Waals surface area contributed by atoms with Gasteiger partial charge in [-0.15, -0.1) is 0 Å². The number of amides is 2. The van der Waals surface area contributed by atoms with Gasteiger partial charge in [-0.2, -0.15) is 9.78 Å². The first-order chi connectivity index (χ1) is 16.5. The third-order valence-electron chi connectivity index (χ3n) is 5.99. The van der Waals surface area contributed by atoms with Crippen molar-refractivity contribution in [2.24, 2.45) is 0 Å². The molecule has 34 heavy (non-hydrogen) atoms. The maximum absolute atomic E-state index is 12.7. The molecule has 0 saturated heterocycles. The molecule has 1 aliphatic carbocycles. The molecule has 0 unspecified atom stereocenters. The van der Waals surface area contributed by atoms with Gasteiger partial charge in [0.25, 0.3) is 5.91 Å². The van der Waals surface area contributed by atoms with Crippen molar-refractivity contribution in [1.82, 2.24) is 25.1 Å². The molecule has 172 valence electrons. The van der Waals surface area contributed by atoms with E-state index in [1.54, 1.807) is 18.2 Å². The third-order valence-corrected chi connectivity index (χ3v) is 5.99. The first-order valence-corrected chi connectivity index (χ1v) is 11.3. The highest BCUT2D eigenvalue weighted by Crippen LogP contribution is 2.39. The maximum Gasteiger partial charge on any atom is 0.342 e. The van der Waals surface area contributed by atoms with Crippen molar-refractivity contribution >= 4 is 28.7 Å². The van der Waals surface area contributed by atoms with Crippen LogP contribution in [0.25, 0.3) is 22.3 Å². The van der Waals surface area contributed by atoms with Crippen LogP contribution in [0.4, 0.5) is 10.5 Å². The van der Waals surface area contributed by atoms with Crippen LogP contribution in [0.15, 0.2) is 54.7 Å². The van der Waals surface area contributed by atoms with E-state index in [1.807, 2.05) is 31.2 Å². The molecule has 3 N–H and O–H groups in total. The van der Waals surface area contributed by atoms with Crippen molar-refractivity contribution in [2.75, 3.05) is 11.9 Å². The van der Waals surface area contributed by atoms with Crippen LogP contribution in [-0.4, -0.2) is 43.3 Å². The van der Waals surface area contributed by atoms with Crippen molar-refractivity contribution in [3.8, 4) is 17.0 Å². The van der Waals surface area contributed by atoms with Crippen molar-refractivity contribution in [1.29, 1.82) is 0 Å². The normalized spacial score (nSPS) is 13.4. The lowest BCUT2D eigenvalue weighted by Crippen LogP contribution is -2.31. The summed E-state index contributed by atoms with van der Waals surface area (Å²) in [7, 11) is 0. The van der Waals surface area contributed by atoms with E-state index >= 15 is 0 Å². The zero-order valence-electron chi connectivity index (χ0n) is 18.7. The van der Waals surface area contributed by atoms with Crippen molar-refractivity contribution in [2.45, 2.75) is 32.1 Å². The highest BCUT2D eigenvalue weighted by atomic mass is 16.3. The average Bonchev–Trinajstić information content (AvgIpc) is 3.22. The van der Waals surface area contributed by atoms with Gasteiger partial charge in [0.1, 0.15) is 11.4 Å². The monoisotopic (exact) mass is 456 g/mol. The van der Waals surface area contributed by atoms with E-state index in [1.165, 1.54) is 16.9 Å². The number of anilines is 1. The number of carbonyl (C=O) groups is 2. The molecule has 0 bridgehead atoms. The predicted octanol–water partition coefficient (Wildman–Crippen LogP) is 4.30. The molecule has 5 rings (SSSR count). The Kier molecular flexibility index (Phi) is 5.67. The highest BCUT2D eigenvalue weighted by Gasteiger charge is 2.27. The van der Waals surface area contributed by atoms with Crippen LogP contribution in [-0.2, 0) is 0 Å². The quantitative estimate of drug-likeness (QED) is 0.412. The van der Waals surface area contributed by atoms with E-state index in [0.717, 1.165) is 25.0 Å². The molecule has 1 aliphatic rings. The molecule has 1 saturated carbocycles. The summed E-state index contributed by atoms with van der Waals surface area (Å²) in [5.74, 6) is -0.200. The molecule has 0 spiro atoms. The lowest BCUT2D eigenvalue weighted by atomic mass is 9.82. The minimum Gasteiger partial charge on any atom is -0.507 e. The highest BCUT2D eigenvalue weighted by molar-refractivity contribution is 6.03. The zero-order chi connectivity index (χ0) is 23.7. The number of benzene rings is 2. The first kappa shape index (κ1) is 21.6. The smallest absolute Gasteiger partial charge is 0.342 e. The Balaban J connectivity index is 1.39. The van der Waals surface area contributed by atoms with Gasteiger partial charge in [0.15, 0.2) is 0 Å². The van der Waals surface area contributed by atoms with E-state index in [4.69, 9.17) is 0 Å². The third kappa shape index (κ3) is 4.07. The molecule has 0 atom stereocenters. The number of carbonyl (C=O) groups excluding carboxylic acids is 2. The number of phenolic OH excluding ortho intramolecular Hbond substituents is 1. The fraction of sp³-hybridized carbons (Fsp3) is 0.240. The van der Waals surface area contributed by atoms with Gasteiger partial charge in [-0.3, -0.25) is 9.78 Å².